The van der Waals surface area contributed by atoms with Crippen molar-refractivity contribution in [1.82, 2.24) is 9.80 Å². The molecule has 0 N–H and O–H groups in total. The molecule has 1 unspecified atom stereocenters. The average molecular weight is 348 g/mol. The van der Waals surface area contributed by atoms with Gasteiger partial charge in [-0.1, -0.05) is 24.3 Å². The highest BCUT2D eigenvalue weighted by atomic mass is 32.2. The van der Waals surface area contributed by atoms with Gasteiger partial charge in [-0.2, -0.15) is 0 Å². The lowest BCUT2D eigenvalue weighted by Crippen LogP contribution is -2.51. The third-order valence-corrected chi connectivity index (χ3v) is 5.93. The standard InChI is InChI=1S/C18H24N2O3S/c1-14-4-2-3-5-16(14)12-24(23)13-17(21)19-8-10-20(11-9-19)18(22)15-6-7-15/h2-5,15H,6-13H2,1H3. The van der Waals surface area contributed by atoms with Gasteiger partial charge in [-0.15, -0.1) is 0 Å². The number of amides is 2. The lowest BCUT2D eigenvalue weighted by Gasteiger charge is -2.34. The van der Waals surface area contributed by atoms with Crippen LogP contribution in [0.1, 0.15) is 24.0 Å². The molecule has 1 aliphatic carbocycles. The molecule has 1 saturated heterocycles. The van der Waals surface area contributed by atoms with Gasteiger partial charge in [0, 0.05) is 48.6 Å². The molecule has 1 heterocycles. The van der Waals surface area contributed by atoms with Crippen LogP contribution in [0.25, 0.3) is 0 Å². The minimum Gasteiger partial charge on any atom is -0.339 e. The van der Waals surface area contributed by atoms with Gasteiger partial charge in [0.2, 0.25) is 11.8 Å². The highest BCUT2D eigenvalue weighted by molar-refractivity contribution is 7.84. The van der Waals surface area contributed by atoms with Crippen LogP contribution in [0.5, 0.6) is 0 Å². The quantitative estimate of drug-likeness (QED) is 0.806. The molecule has 6 heteroatoms. The van der Waals surface area contributed by atoms with E-state index in [2.05, 4.69) is 0 Å². The van der Waals surface area contributed by atoms with E-state index in [1.165, 1.54) is 0 Å². The van der Waals surface area contributed by atoms with Crippen molar-refractivity contribution >= 4 is 22.6 Å². The van der Waals surface area contributed by atoms with E-state index in [1.54, 1.807) is 4.90 Å². The largest absolute Gasteiger partial charge is 0.339 e. The fourth-order valence-electron chi connectivity index (χ4n) is 2.99. The van der Waals surface area contributed by atoms with E-state index in [-0.39, 0.29) is 23.5 Å². The SMILES string of the molecule is Cc1ccccc1CS(=O)CC(=O)N1CCN(C(=O)C2CC2)CC1. The minimum atomic E-state index is -1.20. The summed E-state index contributed by atoms with van der Waals surface area (Å²) >= 11 is 0. The van der Waals surface area contributed by atoms with E-state index in [0.29, 0.717) is 31.9 Å². The van der Waals surface area contributed by atoms with Gasteiger partial charge in [-0.3, -0.25) is 13.8 Å². The Balaban J connectivity index is 1.46. The van der Waals surface area contributed by atoms with Crippen LogP contribution < -0.4 is 0 Å². The summed E-state index contributed by atoms with van der Waals surface area (Å²) in [7, 11) is -1.20. The van der Waals surface area contributed by atoms with E-state index >= 15 is 0 Å². The van der Waals surface area contributed by atoms with Gasteiger partial charge in [-0.05, 0) is 30.9 Å². The Morgan fingerprint density at radius 2 is 1.71 bits per heavy atom. The van der Waals surface area contributed by atoms with Crippen molar-refractivity contribution in [3.63, 3.8) is 0 Å². The highest BCUT2D eigenvalue weighted by Gasteiger charge is 2.35. The Kier molecular flexibility index (Phi) is 5.33. The first-order valence-corrected chi connectivity index (χ1v) is 9.99. The van der Waals surface area contributed by atoms with Gasteiger partial charge in [-0.25, -0.2) is 0 Å². The molecule has 24 heavy (non-hydrogen) atoms. The zero-order chi connectivity index (χ0) is 17.1. The second-order valence-corrected chi connectivity index (χ2v) is 8.09. The Bertz CT molecular complexity index is 649. The Hall–Kier alpha value is -1.69. The van der Waals surface area contributed by atoms with E-state index < -0.39 is 10.8 Å². The molecular formula is C18H24N2O3S. The summed E-state index contributed by atoms with van der Waals surface area (Å²) in [4.78, 5) is 28.0. The van der Waals surface area contributed by atoms with E-state index in [1.807, 2.05) is 36.1 Å². The topological polar surface area (TPSA) is 57.7 Å². The van der Waals surface area contributed by atoms with Gasteiger partial charge < -0.3 is 9.80 Å². The molecule has 1 saturated carbocycles. The molecule has 0 bridgehead atoms. The van der Waals surface area contributed by atoms with Crippen molar-refractivity contribution in [3.05, 3.63) is 35.4 Å². The first-order valence-electron chi connectivity index (χ1n) is 8.50. The van der Waals surface area contributed by atoms with Crippen LogP contribution in [0.2, 0.25) is 0 Å². The lowest BCUT2D eigenvalue weighted by atomic mass is 10.1. The highest BCUT2D eigenvalue weighted by Crippen LogP contribution is 2.31. The summed E-state index contributed by atoms with van der Waals surface area (Å²) in [6, 6.07) is 7.83. The van der Waals surface area contributed by atoms with Crippen molar-refractivity contribution in [2.45, 2.75) is 25.5 Å². The first-order chi connectivity index (χ1) is 11.5. The van der Waals surface area contributed by atoms with Crippen LogP contribution in [0, 0.1) is 12.8 Å². The Morgan fingerprint density at radius 1 is 1.08 bits per heavy atom. The van der Waals surface area contributed by atoms with Crippen LogP contribution in [-0.2, 0) is 26.1 Å². The maximum atomic E-state index is 12.3. The maximum absolute atomic E-state index is 12.3. The normalized spacial score (nSPS) is 19.2. The average Bonchev–Trinajstić information content (AvgIpc) is 3.41. The fourth-order valence-corrected chi connectivity index (χ4v) is 4.22. The second-order valence-electron chi connectivity index (χ2n) is 6.64. The van der Waals surface area contributed by atoms with Gasteiger partial charge in [0.15, 0.2) is 0 Å². The number of rotatable bonds is 5. The molecule has 5 nitrogen and oxygen atoms in total. The summed E-state index contributed by atoms with van der Waals surface area (Å²) in [6.45, 7) is 4.30. The summed E-state index contributed by atoms with van der Waals surface area (Å²) in [5.41, 5.74) is 2.13. The van der Waals surface area contributed by atoms with Crippen LogP contribution in [0.4, 0.5) is 0 Å². The van der Waals surface area contributed by atoms with Crippen LogP contribution in [0.15, 0.2) is 24.3 Å². The second kappa shape index (κ2) is 7.47. The molecule has 3 rings (SSSR count). The van der Waals surface area contributed by atoms with Gasteiger partial charge in [0.25, 0.3) is 0 Å². The third kappa shape index (κ3) is 4.23. The van der Waals surface area contributed by atoms with Gasteiger partial charge in [0.05, 0.1) is 0 Å². The Morgan fingerprint density at radius 3 is 2.33 bits per heavy atom. The van der Waals surface area contributed by atoms with Gasteiger partial charge in [0.1, 0.15) is 5.75 Å². The summed E-state index contributed by atoms with van der Waals surface area (Å²) in [5, 5.41) is 0. The predicted octanol–water partition coefficient (Wildman–Crippen LogP) is 1.32. The van der Waals surface area contributed by atoms with E-state index in [4.69, 9.17) is 0 Å². The number of nitrogens with zero attached hydrogens (tertiary/aromatic N) is 2. The molecule has 1 aromatic rings. The number of carbonyl (C=O) groups is 2. The fraction of sp³-hybridized carbons (Fsp3) is 0.556. The summed E-state index contributed by atoms with van der Waals surface area (Å²) in [6.07, 6.45) is 2.02. The predicted molar refractivity (Wildman–Crippen MR) is 93.8 cm³/mol. The molecular weight excluding hydrogens is 324 g/mol. The van der Waals surface area contributed by atoms with E-state index in [9.17, 15) is 13.8 Å². The number of hydrogen-bond acceptors (Lipinski definition) is 3. The zero-order valence-electron chi connectivity index (χ0n) is 14.1. The molecule has 2 aliphatic rings. The molecule has 0 spiro atoms. The van der Waals surface area contributed by atoms with E-state index in [0.717, 1.165) is 24.0 Å². The number of benzene rings is 1. The lowest BCUT2D eigenvalue weighted by molar-refractivity contribution is -0.139. The zero-order valence-corrected chi connectivity index (χ0v) is 14.9. The monoisotopic (exact) mass is 348 g/mol. The number of piperazine rings is 1. The van der Waals surface area contributed by atoms with Crippen LogP contribution in [-0.4, -0.2) is 57.8 Å². The molecule has 1 aliphatic heterocycles. The van der Waals surface area contributed by atoms with Crippen molar-refractivity contribution in [1.29, 1.82) is 0 Å². The van der Waals surface area contributed by atoms with Crippen molar-refractivity contribution in [2.24, 2.45) is 5.92 Å². The first kappa shape index (κ1) is 17.1. The number of carbonyl (C=O) groups excluding carboxylic acids is 2. The van der Waals surface area contributed by atoms with Gasteiger partial charge >= 0.3 is 0 Å². The number of hydrogen-bond donors (Lipinski definition) is 0. The van der Waals surface area contributed by atoms with Crippen molar-refractivity contribution in [2.75, 3.05) is 31.9 Å². The molecule has 130 valence electrons. The molecule has 1 atom stereocenters. The maximum Gasteiger partial charge on any atom is 0.235 e. The van der Waals surface area contributed by atoms with Crippen LogP contribution >= 0.6 is 0 Å². The molecule has 0 radical (unpaired) electrons. The Labute approximate surface area is 145 Å². The summed E-state index contributed by atoms with van der Waals surface area (Å²) in [5.74, 6) is 0.878. The molecule has 2 amide bonds. The third-order valence-electron chi connectivity index (χ3n) is 4.73. The van der Waals surface area contributed by atoms with Crippen molar-refractivity contribution < 1.29 is 13.8 Å². The molecule has 1 aromatic carbocycles. The molecule has 2 fully saturated rings. The summed E-state index contributed by atoms with van der Waals surface area (Å²) < 4.78 is 12.3. The smallest absolute Gasteiger partial charge is 0.235 e. The van der Waals surface area contributed by atoms with Crippen molar-refractivity contribution in [3.8, 4) is 0 Å². The van der Waals surface area contributed by atoms with Crippen LogP contribution in [0.3, 0.4) is 0 Å². The minimum absolute atomic E-state index is 0.0604. The molecule has 0 aromatic heterocycles. The number of aryl methyl sites for hydroxylation is 1.